The Balaban J connectivity index is 1.66. The van der Waals surface area contributed by atoms with Crippen molar-refractivity contribution in [3.8, 4) is 0 Å². The van der Waals surface area contributed by atoms with Crippen LogP contribution in [0.15, 0.2) is 60.7 Å². The standard InChI is InChI=1S/C20H17ClN2O3/c21-18-8-6-15(14-19(18)23(25)26)7-9-20(24)22-12-10-17(11-13-22)16-4-2-1-3-5-16/h1-10,14H,11-13H2/b9-7+. The fourth-order valence-corrected chi connectivity index (χ4v) is 3.02. The van der Waals surface area contributed by atoms with Crippen molar-refractivity contribution >= 4 is 34.8 Å². The Bertz CT molecular complexity index is 891. The summed E-state index contributed by atoms with van der Waals surface area (Å²) in [6, 6.07) is 14.6. The van der Waals surface area contributed by atoms with Gasteiger partial charge in [-0.15, -0.1) is 0 Å². The quantitative estimate of drug-likeness (QED) is 0.451. The molecule has 0 aromatic heterocycles. The third-order valence-corrected chi connectivity index (χ3v) is 4.57. The summed E-state index contributed by atoms with van der Waals surface area (Å²) in [7, 11) is 0. The van der Waals surface area contributed by atoms with E-state index in [0.29, 0.717) is 18.7 Å². The van der Waals surface area contributed by atoms with E-state index in [9.17, 15) is 14.9 Å². The number of nitro groups is 1. The van der Waals surface area contributed by atoms with Gasteiger partial charge in [0.2, 0.25) is 5.91 Å². The third-order valence-electron chi connectivity index (χ3n) is 4.25. The number of carbonyl (C=O) groups is 1. The van der Waals surface area contributed by atoms with E-state index in [-0.39, 0.29) is 16.6 Å². The first kappa shape index (κ1) is 17.9. The van der Waals surface area contributed by atoms with E-state index < -0.39 is 4.92 Å². The van der Waals surface area contributed by atoms with E-state index in [4.69, 9.17) is 11.6 Å². The van der Waals surface area contributed by atoms with Crippen LogP contribution in [0.2, 0.25) is 5.02 Å². The van der Waals surface area contributed by atoms with E-state index >= 15 is 0 Å². The smallest absolute Gasteiger partial charge is 0.288 e. The molecule has 1 aliphatic heterocycles. The maximum Gasteiger partial charge on any atom is 0.288 e. The molecule has 0 unspecified atom stereocenters. The minimum absolute atomic E-state index is 0.0769. The predicted octanol–water partition coefficient (Wildman–Crippen LogP) is 4.58. The minimum Gasteiger partial charge on any atom is -0.335 e. The largest absolute Gasteiger partial charge is 0.335 e. The van der Waals surface area contributed by atoms with Crippen LogP contribution in [-0.4, -0.2) is 28.8 Å². The number of amides is 1. The number of benzene rings is 2. The Hall–Kier alpha value is -2.92. The lowest BCUT2D eigenvalue weighted by Crippen LogP contribution is -2.33. The van der Waals surface area contributed by atoms with Gasteiger partial charge in [0.25, 0.3) is 5.69 Å². The molecule has 3 rings (SSSR count). The fourth-order valence-electron chi connectivity index (χ4n) is 2.83. The Morgan fingerprint density at radius 1 is 1.19 bits per heavy atom. The van der Waals surface area contributed by atoms with Crippen LogP contribution in [0.5, 0.6) is 0 Å². The highest BCUT2D eigenvalue weighted by atomic mass is 35.5. The maximum absolute atomic E-state index is 12.4. The number of nitro benzene ring substituents is 1. The average molecular weight is 369 g/mol. The van der Waals surface area contributed by atoms with Gasteiger partial charge < -0.3 is 4.90 Å². The maximum atomic E-state index is 12.4. The number of carbonyl (C=O) groups excluding carboxylic acids is 1. The molecule has 0 aliphatic carbocycles. The first-order valence-electron chi connectivity index (χ1n) is 8.20. The summed E-state index contributed by atoms with van der Waals surface area (Å²) in [5.41, 5.74) is 2.82. The van der Waals surface area contributed by atoms with Crippen molar-refractivity contribution in [2.75, 3.05) is 13.1 Å². The molecule has 2 aromatic rings. The van der Waals surface area contributed by atoms with Crippen LogP contribution in [0.4, 0.5) is 5.69 Å². The van der Waals surface area contributed by atoms with Gasteiger partial charge in [0.05, 0.1) is 4.92 Å². The molecule has 1 aliphatic rings. The third kappa shape index (κ3) is 4.18. The molecule has 5 nitrogen and oxygen atoms in total. The molecule has 0 fully saturated rings. The number of hydrogen-bond donors (Lipinski definition) is 0. The molecular weight excluding hydrogens is 352 g/mol. The van der Waals surface area contributed by atoms with Gasteiger partial charge in [0.15, 0.2) is 0 Å². The average Bonchev–Trinajstić information content (AvgIpc) is 2.67. The molecule has 26 heavy (non-hydrogen) atoms. The van der Waals surface area contributed by atoms with Gasteiger partial charge in [0.1, 0.15) is 5.02 Å². The van der Waals surface area contributed by atoms with E-state index in [0.717, 1.165) is 6.42 Å². The lowest BCUT2D eigenvalue weighted by Gasteiger charge is -2.25. The van der Waals surface area contributed by atoms with Crippen molar-refractivity contribution < 1.29 is 9.72 Å². The van der Waals surface area contributed by atoms with E-state index in [2.05, 4.69) is 18.2 Å². The minimum atomic E-state index is -0.540. The molecule has 0 N–H and O–H groups in total. The van der Waals surface area contributed by atoms with Crippen LogP contribution in [0, 0.1) is 10.1 Å². The predicted molar refractivity (Wildman–Crippen MR) is 103 cm³/mol. The van der Waals surface area contributed by atoms with Gasteiger partial charge in [-0.05, 0) is 35.3 Å². The molecule has 1 heterocycles. The number of rotatable bonds is 4. The van der Waals surface area contributed by atoms with Gasteiger partial charge in [-0.1, -0.05) is 54.1 Å². The van der Waals surface area contributed by atoms with Crippen molar-refractivity contribution in [2.24, 2.45) is 0 Å². The molecule has 0 radical (unpaired) electrons. The monoisotopic (exact) mass is 368 g/mol. The first-order valence-corrected chi connectivity index (χ1v) is 8.58. The van der Waals surface area contributed by atoms with E-state index in [1.807, 2.05) is 18.2 Å². The zero-order valence-corrected chi connectivity index (χ0v) is 14.7. The zero-order valence-electron chi connectivity index (χ0n) is 14.0. The highest BCUT2D eigenvalue weighted by molar-refractivity contribution is 6.32. The van der Waals surface area contributed by atoms with Crippen LogP contribution in [0.25, 0.3) is 11.6 Å². The summed E-state index contributed by atoms with van der Waals surface area (Å²) in [6.07, 6.45) is 5.88. The van der Waals surface area contributed by atoms with E-state index in [1.54, 1.807) is 17.0 Å². The summed E-state index contributed by atoms with van der Waals surface area (Å²) in [6.45, 7) is 1.19. The van der Waals surface area contributed by atoms with Gasteiger partial charge in [-0.3, -0.25) is 14.9 Å². The first-order chi connectivity index (χ1) is 12.5. The Morgan fingerprint density at radius 2 is 1.96 bits per heavy atom. The van der Waals surface area contributed by atoms with Crippen LogP contribution < -0.4 is 0 Å². The SMILES string of the molecule is O=C(/C=C/c1ccc(Cl)c([N+](=O)[O-])c1)N1CC=C(c2ccccc2)CC1. The number of hydrogen-bond acceptors (Lipinski definition) is 3. The summed E-state index contributed by atoms with van der Waals surface area (Å²) in [4.78, 5) is 24.5. The van der Waals surface area contributed by atoms with Crippen molar-refractivity contribution in [1.82, 2.24) is 4.90 Å². The molecule has 0 bridgehead atoms. The summed E-state index contributed by atoms with van der Waals surface area (Å²) < 4.78 is 0. The Labute approximate surface area is 156 Å². The normalized spacial score (nSPS) is 14.3. The van der Waals surface area contributed by atoms with Crippen LogP contribution in [0.3, 0.4) is 0 Å². The Morgan fingerprint density at radius 3 is 2.62 bits per heavy atom. The lowest BCUT2D eigenvalue weighted by molar-refractivity contribution is -0.384. The number of halogens is 1. The number of nitrogens with zero attached hydrogens (tertiary/aromatic N) is 2. The molecule has 0 saturated heterocycles. The second-order valence-corrected chi connectivity index (χ2v) is 6.34. The van der Waals surface area contributed by atoms with Crippen molar-refractivity contribution in [2.45, 2.75) is 6.42 Å². The van der Waals surface area contributed by atoms with Gasteiger partial charge in [-0.2, -0.15) is 0 Å². The lowest BCUT2D eigenvalue weighted by atomic mass is 9.99. The highest BCUT2D eigenvalue weighted by Gasteiger charge is 2.16. The molecule has 0 saturated carbocycles. The van der Waals surface area contributed by atoms with Crippen LogP contribution in [0.1, 0.15) is 17.5 Å². The highest BCUT2D eigenvalue weighted by Crippen LogP contribution is 2.26. The van der Waals surface area contributed by atoms with Gasteiger partial charge >= 0.3 is 0 Å². The summed E-state index contributed by atoms with van der Waals surface area (Å²) in [5, 5.41) is 11.0. The van der Waals surface area contributed by atoms with E-state index in [1.165, 1.54) is 29.3 Å². The topological polar surface area (TPSA) is 63.4 Å². The summed E-state index contributed by atoms with van der Waals surface area (Å²) >= 11 is 5.79. The zero-order chi connectivity index (χ0) is 18.5. The van der Waals surface area contributed by atoms with Crippen LogP contribution in [-0.2, 0) is 4.79 Å². The second-order valence-electron chi connectivity index (χ2n) is 5.93. The molecule has 2 aromatic carbocycles. The Kier molecular flexibility index (Phi) is 5.49. The van der Waals surface area contributed by atoms with Crippen molar-refractivity contribution in [1.29, 1.82) is 0 Å². The fraction of sp³-hybridized carbons (Fsp3) is 0.150. The molecule has 0 atom stereocenters. The molecule has 132 valence electrons. The van der Waals surface area contributed by atoms with Crippen molar-refractivity contribution in [3.63, 3.8) is 0 Å². The molecule has 1 amide bonds. The molecule has 6 heteroatoms. The second kappa shape index (κ2) is 7.97. The van der Waals surface area contributed by atoms with Crippen molar-refractivity contribution in [3.05, 3.63) is 86.9 Å². The van der Waals surface area contributed by atoms with Gasteiger partial charge in [-0.25, -0.2) is 0 Å². The van der Waals surface area contributed by atoms with Crippen LogP contribution >= 0.6 is 11.6 Å². The summed E-state index contributed by atoms with van der Waals surface area (Å²) in [5.74, 6) is -0.119. The molecule has 0 spiro atoms. The van der Waals surface area contributed by atoms with Gasteiger partial charge in [0, 0.05) is 25.2 Å². The molecular formula is C20H17ClN2O3.